The maximum Gasteiger partial charge on any atom is 0.351 e. The third-order valence-electron chi connectivity index (χ3n) is 3.41. The van der Waals surface area contributed by atoms with E-state index in [0.717, 1.165) is 6.08 Å². The Morgan fingerprint density at radius 1 is 1.08 bits per heavy atom. The molecule has 0 saturated carbocycles. The van der Waals surface area contributed by atoms with Crippen molar-refractivity contribution in [3.05, 3.63) is 51.6 Å². The van der Waals surface area contributed by atoms with Crippen molar-refractivity contribution in [2.75, 3.05) is 21.3 Å². The molecule has 1 aromatic heterocycles. The lowest BCUT2D eigenvalue weighted by Gasteiger charge is -2.12. The molecule has 1 heterocycles. The summed E-state index contributed by atoms with van der Waals surface area (Å²) in [6.45, 7) is 1.50. The van der Waals surface area contributed by atoms with Crippen molar-refractivity contribution in [3.63, 3.8) is 0 Å². The first-order chi connectivity index (χ1) is 11.9. The molecule has 0 aliphatic carbocycles. The molecule has 2 rings (SSSR count). The number of carbonyl (C=O) groups excluding carboxylic acids is 1. The number of benzene rings is 1. The first-order valence-electron chi connectivity index (χ1n) is 7.27. The Balaban J connectivity index is 2.40. The molecule has 7 heteroatoms. The lowest BCUT2D eigenvalue weighted by Crippen LogP contribution is -2.12. The van der Waals surface area contributed by atoms with Gasteiger partial charge in [-0.25, -0.2) is 4.79 Å². The van der Waals surface area contributed by atoms with Crippen molar-refractivity contribution in [2.24, 2.45) is 0 Å². The van der Waals surface area contributed by atoms with Gasteiger partial charge in [0.05, 0.1) is 21.3 Å². The van der Waals surface area contributed by atoms with E-state index in [1.54, 1.807) is 12.1 Å². The Labute approximate surface area is 144 Å². The Morgan fingerprint density at radius 2 is 1.68 bits per heavy atom. The summed E-state index contributed by atoms with van der Waals surface area (Å²) < 4.78 is 20.5. The van der Waals surface area contributed by atoms with Crippen LogP contribution in [0, 0.1) is 6.92 Å². The van der Waals surface area contributed by atoms with Gasteiger partial charge in [0, 0.05) is 6.07 Å². The zero-order chi connectivity index (χ0) is 18.6. The Hall–Kier alpha value is -3.22. The average Bonchev–Trinajstić information content (AvgIpc) is 2.57. The number of ketones is 1. The second kappa shape index (κ2) is 7.57. The van der Waals surface area contributed by atoms with Crippen LogP contribution in [0.25, 0.3) is 6.08 Å². The summed E-state index contributed by atoms with van der Waals surface area (Å²) in [5.41, 5.74) is -0.731. The molecule has 0 fully saturated rings. The molecule has 0 saturated heterocycles. The van der Waals surface area contributed by atoms with Crippen molar-refractivity contribution >= 4 is 11.9 Å². The summed E-state index contributed by atoms with van der Waals surface area (Å²) in [4.78, 5) is 24.0. The van der Waals surface area contributed by atoms with Crippen molar-refractivity contribution in [1.29, 1.82) is 0 Å². The van der Waals surface area contributed by atoms with E-state index in [1.807, 2.05) is 0 Å². The Morgan fingerprint density at radius 3 is 2.16 bits per heavy atom. The highest BCUT2D eigenvalue weighted by Gasteiger charge is 2.16. The molecule has 0 amide bonds. The minimum atomic E-state index is -0.892. The van der Waals surface area contributed by atoms with Gasteiger partial charge in [-0.15, -0.1) is 0 Å². The fourth-order valence-electron chi connectivity index (χ4n) is 2.28. The maximum absolute atomic E-state index is 12.2. The summed E-state index contributed by atoms with van der Waals surface area (Å²) in [6, 6.07) is 4.49. The summed E-state index contributed by atoms with van der Waals surface area (Å²) in [7, 11) is 4.44. The molecule has 0 aliphatic heterocycles. The second-order valence-electron chi connectivity index (χ2n) is 5.06. The zero-order valence-corrected chi connectivity index (χ0v) is 14.3. The molecule has 25 heavy (non-hydrogen) atoms. The number of ether oxygens (including phenoxy) is 3. The van der Waals surface area contributed by atoms with Crippen LogP contribution < -0.4 is 19.8 Å². The fourth-order valence-corrected chi connectivity index (χ4v) is 2.28. The summed E-state index contributed by atoms with van der Waals surface area (Å²) >= 11 is 0. The van der Waals surface area contributed by atoms with E-state index in [-0.39, 0.29) is 5.76 Å². The first kappa shape index (κ1) is 18.1. The first-order valence-corrected chi connectivity index (χ1v) is 7.27. The molecule has 1 N–H and O–H groups in total. The van der Waals surface area contributed by atoms with Crippen LogP contribution in [-0.4, -0.2) is 32.2 Å². The van der Waals surface area contributed by atoms with E-state index >= 15 is 0 Å². The van der Waals surface area contributed by atoms with Crippen LogP contribution in [0.5, 0.6) is 23.0 Å². The average molecular weight is 346 g/mol. The highest BCUT2D eigenvalue weighted by atomic mass is 16.5. The summed E-state index contributed by atoms with van der Waals surface area (Å²) in [6.07, 6.45) is 2.62. The van der Waals surface area contributed by atoms with E-state index in [1.165, 1.54) is 40.4 Å². The molecule has 2 aromatic rings. The van der Waals surface area contributed by atoms with E-state index in [9.17, 15) is 14.7 Å². The normalized spacial score (nSPS) is 10.7. The number of aryl methyl sites for hydroxylation is 1. The van der Waals surface area contributed by atoms with Crippen LogP contribution in [-0.2, 0) is 0 Å². The van der Waals surface area contributed by atoms with Gasteiger partial charge in [-0.05, 0) is 30.7 Å². The summed E-state index contributed by atoms with van der Waals surface area (Å²) in [5, 5.41) is 9.80. The molecule has 0 aliphatic rings. The lowest BCUT2D eigenvalue weighted by molar-refractivity contribution is 0.104. The Bertz CT molecular complexity index is 852. The molecule has 1 aromatic carbocycles. The predicted molar refractivity (Wildman–Crippen MR) is 90.8 cm³/mol. The van der Waals surface area contributed by atoms with E-state index in [0.29, 0.717) is 22.8 Å². The zero-order valence-electron chi connectivity index (χ0n) is 14.3. The third kappa shape index (κ3) is 3.82. The van der Waals surface area contributed by atoms with Crippen molar-refractivity contribution in [1.82, 2.24) is 0 Å². The highest BCUT2D eigenvalue weighted by molar-refractivity contribution is 6.08. The number of carbonyl (C=O) groups is 1. The van der Waals surface area contributed by atoms with Gasteiger partial charge < -0.3 is 23.7 Å². The SMILES string of the molecule is COc1cc(C=CC(=O)c2c(O)cc(C)oc2=O)cc(OC)c1OC. The molecule has 132 valence electrons. The van der Waals surface area contributed by atoms with Crippen LogP contribution >= 0.6 is 0 Å². The van der Waals surface area contributed by atoms with Gasteiger partial charge in [0.25, 0.3) is 0 Å². The monoisotopic (exact) mass is 346 g/mol. The number of hydrogen-bond acceptors (Lipinski definition) is 7. The second-order valence-corrected chi connectivity index (χ2v) is 5.06. The molecule has 7 nitrogen and oxygen atoms in total. The van der Waals surface area contributed by atoms with Gasteiger partial charge >= 0.3 is 5.63 Å². The smallest absolute Gasteiger partial charge is 0.351 e. The summed E-state index contributed by atoms with van der Waals surface area (Å²) in [5.74, 6) is 0.379. The van der Waals surface area contributed by atoms with Crippen LogP contribution in [0.4, 0.5) is 0 Å². The fraction of sp³-hybridized carbons (Fsp3) is 0.222. The van der Waals surface area contributed by atoms with E-state index < -0.39 is 22.7 Å². The number of aromatic hydroxyl groups is 1. The minimum Gasteiger partial charge on any atom is -0.507 e. The van der Waals surface area contributed by atoms with Gasteiger partial charge in [-0.3, -0.25) is 4.79 Å². The maximum atomic E-state index is 12.2. The third-order valence-corrected chi connectivity index (χ3v) is 3.41. The molecule has 0 unspecified atom stereocenters. The quantitative estimate of drug-likeness (QED) is 0.634. The van der Waals surface area contributed by atoms with Gasteiger partial charge in [0.1, 0.15) is 17.1 Å². The van der Waals surface area contributed by atoms with Gasteiger partial charge in [-0.1, -0.05) is 6.08 Å². The van der Waals surface area contributed by atoms with Crippen LogP contribution in [0.15, 0.2) is 33.5 Å². The number of rotatable bonds is 6. The highest BCUT2D eigenvalue weighted by Crippen LogP contribution is 2.38. The van der Waals surface area contributed by atoms with E-state index in [4.69, 9.17) is 18.6 Å². The van der Waals surface area contributed by atoms with Gasteiger partial charge in [-0.2, -0.15) is 0 Å². The van der Waals surface area contributed by atoms with Crippen LogP contribution in [0.2, 0.25) is 0 Å². The van der Waals surface area contributed by atoms with Crippen molar-refractivity contribution in [2.45, 2.75) is 6.92 Å². The number of hydrogen-bond donors (Lipinski definition) is 1. The largest absolute Gasteiger partial charge is 0.507 e. The molecule has 0 spiro atoms. The van der Waals surface area contributed by atoms with E-state index in [2.05, 4.69) is 0 Å². The van der Waals surface area contributed by atoms with Gasteiger partial charge in [0.15, 0.2) is 17.3 Å². The topological polar surface area (TPSA) is 95.2 Å². The van der Waals surface area contributed by atoms with Crippen molar-refractivity contribution in [3.8, 4) is 23.0 Å². The molecule has 0 bridgehead atoms. The van der Waals surface area contributed by atoms with Gasteiger partial charge in [0.2, 0.25) is 5.75 Å². The Kier molecular flexibility index (Phi) is 5.49. The number of allylic oxidation sites excluding steroid dienone is 1. The predicted octanol–water partition coefficient (Wildman–Crippen LogP) is 2.58. The molecular formula is C18H18O7. The van der Waals surface area contributed by atoms with Crippen LogP contribution in [0.1, 0.15) is 21.7 Å². The van der Waals surface area contributed by atoms with Crippen molar-refractivity contribution < 1.29 is 28.5 Å². The molecule has 0 radical (unpaired) electrons. The van der Waals surface area contributed by atoms with Crippen LogP contribution in [0.3, 0.4) is 0 Å². The number of methoxy groups -OCH3 is 3. The lowest BCUT2D eigenvalue weighted by atomic mass is 10.1. The molecular weight excluding hydrogens is 328 g/mol. The minimum absolute atomic E-state index is 0.215. The standard InChI is InChI=1S/C18H18O7/c1-10-7-13(20)16(18(21)25-10)12(19)6-5-11-8-14(22-2)17(24-4)15(9-11)23-3/h5-9,20H,1-4H3. The molecule has 0 atom stereocenters.